The van der Waals surface area contributed by atoms with Crippen molar-refractivity contribution in [3.63, 3.8) is 0 Å². The molecule has 35 heavy (non-hydrogen) atoms. The van der Waals surface area contributed by atoms with E-state index in [1.54, 1.807) is 45.0 Å². The molecule has 2 amide bonds. The largest absolute Gasteiger partial charge is 0.478 e. The Morgan fingerprint density at radius 1 is 1.20 bits per heavy atom. The third kappa shape index (κ3) is 6.68. The molecule has 0 saturated carbocycles. The molecule has 1 heterocycles. The Kier molecular flexibility index (Phi) is 7.93. The van der Waals surface area contributed by atoms with Gasteiger partial charge in [0.05, 0.1) is 18.9 Å². The van der Waals surface area contributed by atoms with Gasteiger partial charge in [0.25, 0.3) is 0 Å². The molecule has 1 fully saturated rings. The first-order valence-electron chi connectivity index (χ1n) is 11.1. The lowest BCUT2D eigenvalue weighted by Gasteiger charge is -2.27. The highest BCUT2D eigenvalue weighted by molar-refractivity contribution is 5.94. The molecule has 1 aliphatic heterocycles. The molecule has 1 atom stereocenters. The van der Waals surface area contributed by atoms with E-state index in [1.165, 1.54) is 17.0 Å². The number of hydrogen-bond donors (Lipinski definition) is 1. The number of anilines is 1. The lowest BCUT2D eigenvalue weighted by molar-refractivity contribution is -0.144. The SMILES string of the molecule is CC(C)(C)OC(=O)N(CCCF)Cc1ccc(-c2ccc(N3CC(C(=O)O)OC3=O)cc2F)cc1. The predicted octanol–water partition coefficient (Wildman–Crippen LogP) is 5.00. The van der Waals surface area contributed by atoms with Gasteiger partial charge in [-0.15, -0.1) is 0 Å². The number of nitrogens with zero attached hydrogens (tertiary/aromatic N) is 2. The van der Waals surface area contributed by atoms with Crippen molar-refractivity contribution >= 4 is 23.8 Å². The molecule has 1 N–H and O–H groups in total. The minimum atomic E-state index is -1.30. The second-order valence-electron chi connectivity index (χ2n) is 9.13. The molecule has 1 unspecified atom stereocenters. The van der Waals surface area contributed by atoms with E-state index in [9.17, 15) is 23.2 Å². The molecule has 0 radical (unpaired) electrons. The number of halogens is 2. The molecular weight excluding hydrogens is 462 g/mol. The zero-order valence-corrected chi connectivity index (χ0v) is 19.8. The van der Waals surface area contributed by atoms with Gasteiger partial charge in [0.15, 0.2) is 0 Å². The Morgan fingerprint density at radius 3 is 2.43 bits per heavy atom. The van der Waals surface area contributed by atoms with Crippen molar-refractivity contribution in [2.45, 2.75) is 45.4 Å². The van der Waals surface area contributed by atoms with E-state index in [2.05, 4.69) is 0 Å². The van der Waals surface area contributed by atoms with Gasteiger partial charge in [-0.05, 0) is 56.5 Å². The van der Waals surface area contributed by atoms with Crippen LogP contribution in [0.1, 0.15) is 32.8 Å². The first-order chi connectivity index (χ1) is 16.5. The van der Waals surface area contributed by atoms with Crippen LogP contribution in [0.5, 0.6) is 0 Å². The van der Waals surface area contributed by atoms with E-state index in [4.69, 9.17) is 14.6 Å². The lowest BCUT2D eigenvalue weighted by atomic mass is 10.0. The Balaban J connectivity index is 1.73. The standard InChI is InChI=1S/C25H28F2N2O6/c1-25(2,3)35-23(32)28(12-4-11-26)14-16-5-7-17(8-6-16)19-10-9-18(13-20(19)27)29-15-21(22(30)31)34-24(29)33/h5-10,13,21H,4,11-12,14-15H2,1-3H3,(H,30,31). The number of hydrogen-bond acceptors (Lipinski definition) is 5. The van der Waals surface area contributed by atoms with Gasteiger partial charge in [0, 0.05) is 18.7 Å². The second-order valence-corrected chi connectivity index (χ2v) is 9.13. The molecular formula is C25H28F2N2O6. The van der Waals surface area contributed by atoms with Crippen LogP contribution in [0.2, 0.25) is 0 Å². The summed E-state index contributed by atoms with van der Waals surface area (Å²) in [5.74, 6) is -1.87. The van der Waals surface area contributed by atoms with E-state index in [0.717, 1.165) is 16.5 Å². The summed E-state index contributed by atoms with van der Waals surface area (Å²) in [5, 5.41) is 9.02. The first-order valence-corrected chi connectivity index (χ1v) is 11.1. The summed E-state index contributed by atoms with van der Waals surface area (Å²) >= 11 is 0. The van der Waals surface area contributed by atoms with Crippen LogP contribution in [-0.2, 0) is 20.8 Å². The summed E-state index contributed by atoms with van der Waals surface area (Å²) in [5.41, 5.74) is 1.12. The van der Waals surface area contributed by atoms with E-state index >= 15 is 0 Å². The van der Waals surface area contributed by atoms with E-state index in [0.29, 0.717) is 5.56 Å². The van der Waals surface area contributed by atoms with E-state index in [1.807, 2.05) is 0 Å². The van der Waals surface area contributed by atoms with Gasteiger partial charge in [-0.25, -0.2) is 18.8 Å². The van der Waals surface area contributed by atoms with Gasteiger partial charge in [-0.1, -0.05) is 24.3 Å². The van der Waals surface area contributed by atoms with Crippen LogP contribution in [-0.4, -0.2) is 59.6 Å². The normalized spacial score (nSPS) is 15.6. The van der Waals surface area contributed by atoms with Gasteiger partial charge in [-0.3, -0.25) is 9.29 Å². The zero-order chi connectivity index (χ0) is 25.8. The minimum Gasteiger partial charge on any atom is -0.478 e. The number of amides is 2. The van der Waals surface area contributed by atoms with Crippen LogP contribution in [0.4, 0.5) is 24.1 Å². The number of aliphatic carboxylic acids is 1. The maximum Gasteiger partial charge on any atom is 0.415 e. The predicted molar refractivity (Wildman–Crippen MR) is 124 cm³/mol. The Bertz CT molecular complexity index is 1080. The third-order valence-electron chi connectivity index (χ3n) is 5.20. The number of rotatable bonds is 8. The Labute approximate surface area is 202 Å². The van der Waals surface area contributed by atoms with Crippen molar-refractivity contribution in [2.75, 3.05) is 24.7 Å². The van der Waals surface area contributed by atoms with Gasteiger partial charge < -0.3 is 19.5 Å². The van der Waals surface area contributed by atoms with Crippen molar-refractivity contribution in [1.82, 2.24) is 4.90 Å². The van der Waals surface area contributed by atoms with Gasteiger partial charge in [-0.2, -0.15) is 0 Å². The van der Waals surface area contributed by atoms with Crippen molar-refractivity contribution in [1.29, 1.82) is 0 Å². The molecule has 188 valence electrons. The van der Waals surface area contributed by atoms with Crippen LogP contribution in [0.25, 0.3) is 11.1 Å². The molecule has 2 aromatic rings. The highest BCUT2D eigenvalue weighted by Gasteiger charge is 2.37. The summed E-state index contributed by atoms with van der Waals surface area (Å²) < 4.78 is 37.8. The maximum atomic E-state index is 14.9. The summed E-state index contributed by atoms with van der Waals surface area (Å²) in [7, 11) is 0. The van der Waals surface area contributed by atoms with Crippen molar-refractivity contribution < 1.29 is 37.7 Å². The van der Waals surface area contributed by atoms with Crippen molar-refractivity contribution in [3.05, 3.63) is 53.8 Å². The molecule has 0 aliphatic carbocycles. The van der Waals surface area contributed by atoms with E-state index < -0.39 is 42.4 Å². The van der Waals surface area contributed by atoms with E-state index in [-0.39, 0.29) is 37.3 Å². The fourth-order valence-electron chi connectivity index (χ4n) is 3.53. The minimum absolute atomic E-state index is 0.187. The lowest BCUT2D eigenvalue weighted by Crippen LogP contribution is -2.37. The molecule has 0 spiro atoms. The molecule has 2 aromatic carbocycles. The number of ether oxygens (including phenoxy) is 2. The topological polar surface area (TPSA) is 96.4 Å². The average molecular weight is 491 g/mol. The summed E-state index contributed by atoms with van der Waals surface area (Å²) in [6.07, 6.45) is -2.51. The quantitative estimate of drug-likeness (QED) is 0.560. The maximum absolute atomic E-state index is 14.9. The fraction of sp³-hybridized carbons (Fsp3) is 0.400. The van der Waals surface area contributed by atoms with Gasteiger partial charge >= 0.3 is 18.2 Å². The Morgan fingerprint density at radius 2 is 1.89 bits per heavy atom. The molecule has 0 aromatic heterocycles. The van der Waals surface area contributed by atoms with Crippen molar-refractivity contribution in [2.24, 2.45) is 0 Å². The van der Waals surface area contributed by atoms with Gasteiger partial charge in [0.2, 0.25) is 6.10 Å². The zero-order valence-electron chi connectivity index (χ0n) is 19.8. The molecule has 1 saturated heterocycles. The smallest absolute Gasteiger partial charge is 0.415 e. The average Bonchev–Trinajstić information content (AvgIpc) is 3.18. The number of benzene rings is 2. The monoisotopic (exact) mass is 490 g/mol. The van der Waals surface area contributed by atoms with Crippen molar-refractivity contribution in [3.8, 4) is 11.1 Å². The van der Waals surface area contributed by atoms with Gasteiger partial charge in [0.1, 0.15) is 11.4 Å². The number of carbonyl (C=O) groups is 3. The molecule has 10 heteroatoms. The van der Waals surface area contributed by atoms with Crippen LogP contribution in [0.3, 0.4) is 0 Å². The number of alkyl halides is 1. The summed E-state index contributed by atoms with van der Waals surface area (Å²) in [4.78, 5) is 38.0. The van der Waals surface area contributed by atoms with Crippen LogP contribution >= 0.6 is 0 Å². The van der Waals surface area contributed by atoms with Crippen LogP contribution < -0.4 is 4.90 Å². The fourth-order valence-corrected chi connectivity index (χ4v) is 3.53. The summed E-state index contributed by atoms with van der Waals surface area (Å²) in [6.45, 7) is 4.90. The number of cyclic esters (lactones) is 1. The number of carboxylic acid groups (broad SMARTS) is 1. The second kappa shape index (κ2) is 10.7. The number of carboxylic acids is 1. The highest BCUT2D eigenvalue weighted by Crippen LogP contribution is 2.29. The molecule has 8 nitrogen and oxygen atoms in total. The molecule has 3 rings (SSSR count). The molecule has 1 aliphatic rings. The van der Waals surface area contributed by atoms with Crippen LogP contribution in [0.15, 0.2) is 42.5 Å². The van der Waals surface area contributed by atoms with Crippen LogP contribution in [0, 0.1) is 5.82 Å². The third-order valence-corrected chi connectivity index (χ3v) is 5.20. The molecule has 0 bridgehead atoms. The number of carbonyl (C=O) groups excluding carboxylic acids is 2. The Hall–Kier alpha value is -3.69. The first kappa shape index (κ1) is 25.9. The highest BCUT2D eigenvalue weighted by atomic mass is 19.1. The summed E-state index contributed by atoms with van der Waals surface area (Å²) in [6, 6.07) is 11.0.